The van der Waals surface area contributed by atoms with Crippen molar-refractivity contribution in [1.29, 1.82) is 0 Å². The fourth-order valence-electron chi connectivity index (χ4n) is 4.58. The highest BCUT2D eigenvalue weighted by molar-refractivity contribution is 7.89. The molecule has 2 atom stereocenters. The van der Waals surface area contributed by atoms with Crippen molar-refractivity contribution in [2.24, 2.45) is 0 Å². The Balaban J connectivity index is 1.62. The molecular formula is C21H29N3O6S. The van der Waals surface area contributed by atoms with Crippen LogP contribution in [0.4, 0.5) is 5.69 Å². The second kappa shape index (κ2) is 8.76. The normalized spacial score (nSPS) is 25.2. The molecule has 0 spiro atoms. The number of nitrogens with zero attached hydrogens (tertiary/aromatic N) is 3. The van der Waals surface area contributed by atoms with E-state index in [1.807, 2.05) is 18.7 Å². The van der Waals surface area contributed by atoms with Crippen molar-refractivity contribution in [3.8, 4) is 5.75 Å². The van der Waals surface area contributed by atoms with Crippen LogP contribution in [0.15, 0.2) is 23.1 Å². The van der Waals surface area contributed by atoms with Gasteiger partial charge in [0.05, 0.1) is 23.8 Å². The topological polar surface area (TPSA) is 96.5 Å². The second-order valence-corrected chi connectivity index (χ2v) is 10.3. The van der Waals surface area contributed by atoms with Gasteiger partial charge in [-0.2, -0.15) is 4.31 Å². The molecule has 3 heterocycles. The van der Waals surface area contributed by atoms with Gasteiger partial charge in [-0.3, -0.25) is 14.5 Å². The zero-order chi connectivity index (χ0) is 22.2. The van der Waals surface area contributed by atoms with E-state index in [9.17, 15) is 18.0 Å². The Morgan fingerprint density at radius 3 is 2.48 bits per heavy atom. The summed E-state index contributed by atoms with van der Waals surface area (Å²) < 4.78 is 38.3. The Morgan fingerprint density at radius 1 is 1.13 bits per heavy atom. The third-order valence-electron chi connectivity index (χ3n) is 6.26. The van der Waals surface area contributed by atoms with Crippen LogP contribution >= 0.6 is 0 Å². The van der Waals surface area contributed by atoms with Gasteiger partial charge in [0.15, 0.2) is 6.61 Å². The molecule has 170 valence electrons. The van der Waals surface area contributed by atoms with Crippen LogP contribution in [0.1, 0.15) is 33.1 Å². The van der Waals surface area contributed by atoms with E-state index in [-0.39, 0.29) is 55.0 Å². The average molecular weight is 452 g/mol. The first-order valence-corrected chi connectivity index (χ1v) is 12.2. The number of carbonyl (C=O) groups is 2. The van der Waals surface area contributed by atoms with Crippen LogP contribution in [0.2, 0.25) is 0 Å². The fourth-order valence-corrected chi connectivity index (χ4v) is 6.01. The molecule has 10 heteroatoms. The lowest BCUT2D eigenvalue weighted by molar-refractivity contribution is -0.137. The largest absolute Gasteiger partial charge is 0.482 e. The summed E-state index contributed by atoms with van der Waals surface area (Å²) in [7, 11) is -3.74. The molecular weight excluding hydrogens is 422 g/mol. The summed E-state index contributed by atoms with van der Waals surface area (Å²) in [6.45, 7) is 4.98. The quantitative estimate of drug-likeness (QED) is 0.683. The number of likely N-dealkylation sites (tertiary alicyclic amines) is 1. The first-order chi connectivity index (χ1) is 14.8. The van der Waals surface area contributed by atoms with Gasteiger partial charge in [-0.05, 0) is 51.3 Å². The molecule has 2 saturated heterocycles. The van der Waals surface area contributed by atoms with Gasteiger partial charge in [0, 0.05) is 25.2 Å². The number of carbonyl (C=O) groups excluding carboxylic acids is 2. The van der Waals surface area contributed by atoms with Crippen LogP contribution in [0.25, 0.3) is 0 Å². The van der Waals surface area contributed by atoms with Gasteiger partial charge in [0.2, 0.25) is 15.9 Å². The van der Waals surface area contributed by atoms with E-state index in [0.29, 0.717) is 24.7 Å². The third kappa shape index (κ3) is 4.28. The van der Waals surface area contributed by atoms with E-state index in [1.165, 1.54) is 21.3 Å². The molecule has 31 heavy (non-hydrogen) atoms. The number of benzene rings is 1. The maximum atomic E-state index is 13.1. The van der Waals surface area contributed by atoms with Gasteiger partial charge in [0.25, 0.3) is 5.91 Å². The van der Waals surface area contributed by atoms with Crippen LogP contribution in [-0.2, 0) is 24.3 Å². The Kier molecular flexibility index (Phi) is 6.23. The number of hydrogen-bond donors (Lipinski definition) is 0. The number of piperidine rings is 1. The van der Waals surface area contributed by atoms with E-state index in [4.69, 9.17) is 9.47 Å². The van der Waals surface area contributed by atoms with Crippen LogP contribution in [0.3, 0.4) is 0 Å². The summed E-state index contributed by atoms with van der Waals surface area (Å²) in [4.78, 5) is 29.1. The van der Waals surface area contributed by atoms with E-state index in [1.54, 1.807) is 6.07 Å². The highest BCUT2D eigenvalue weighted by Crippen LogP contribution is 2.35. The molecule has 4 rings (SSSR count). The van der Waals surface area contributed by atoms with Crippen molar-refractivity contribution in [3.05, 3.63) is 18.2 Å². The van der Waals surface area contributed by atoms with Gasteiger partial charge in [-0.15, -0.1) is 0 Å². The van der Waals surface area contributed by atoms with Gasteiger partial charge in [0.1, 0.15) is 12.3 Å². The number of sulfonamides is 1. The highest BCUT2D eigenvalue weighted by Gasteiger charge is 2.35. The van der Waals surface area contributed by atoms with E-state index < -0.39 is 10.0 Å². The number of anilines is 1. The summed E-state index contributed by atoms with van der Waals surface area (Å²) in [6.07, 6.45) is 2.95. The maximum Gasteiger partial charge on any atom is 0.265 e. The van der Waals surface area contributed by atoms with Crippen molar-refractivity contribution in [3.63, 3.8) is 0 Å². The molecule has 0 aromatic heterocycles. The summed E-state index contributed by atoms with van der Waals surface area (Å²) in [5.74, 6) is -0.102. The van der Waals surface area contributed by atoms with Crippen molar-refractivity contribution in [2.45, 2.75) is 50.1 Å². The SMILES string of the molecule is CC1CCCC(C)N1C(=O)CN1C(=O)COc2ccc(S(=O)(=O)N3CCOCC3)cc21. The average Bonchev–Trinajstić information content (AvgIpc) is 2.76. The Labute approximate surface area is 182 Å². The minimum absolute atomic E-state index is 0.0728. The predicted octanol–water partition coefficient (Wildman–Crippen LogP) is 1.22. The molecule has 1 aromatic carbocycles. The summed E-state index contributed by atoms with van der Waals surface area (Å²) in [6, 6.07) is 4.69. The second-order valence-electron chi connectivity index (χ2n) is 8.34. The van der Waals surface area contributed by atoms with Crippen molar-refractivity contribution >= 4 is 27.5 Å². The number of morpholine rings is 1. The molecule has 2 unspecified atom stereocenters. The number of ether oxygens (including phenoxy) is 2. The van der Waals surface area contributed by atoms with Crippen LogP contribution in [0.5, 0.6) is 5.75 Å². The first-order valence-electron chi connectivity index (χ1n) is 10.8. The molecule has 0 radical (unpaired) electrons. The van der Waals surface area contributed by atoms with Gasteiger partial charge >= 0.3 is 0 Å². The summed E-state index contributed by atoms with van der Waals surface area (Å²) in [5, 5.41) is 0. The van der Waals surface area contributed by atoms with Crippen molar-refractivity contribution in [2.75, 3.05) is 44.4 Å². The molecule has 0 aliphatic carbocycles. The number of hydrogen-bond acceptors (Lipinski definition) is 6. The fraction of sp³-hybridized carbons (Fsp3) is 0.619. The minimum atomic E-state index is -3.74. The molecule has 0 saturated carbocycles. The highest BCUT2D eigenvalue weighted by atomic mass is 32.2. The van der Waals surface area contributed by atoms with Gasteiger partial charge < -0.3 is 14.4 Å². The zero-order valence-corrected chi connectivity index (χ0v) is 18.8. The number of rotatable bonds is 4. The maximum absolute atomic E-state index is 13.1. The standard InChI is InChI=1S/C21H29N3O6S/c1-15-4-3-5-16(2)24(15)20(25)13-23-18-12-17(6-7-19(18)30-14-21(23)26)31(27,28)22-8-10-29-11-9-22/h6-7,12,15-16H,3-5,8-11,13-14H2,1-2H3. The van der Waals surface area contributed by atoms with Gasteiger partial charge in [-0.1, -0.05) is 0 Å². The molecule has 2 fully saturated rings. The Bertz CT molecular complexity index is 950. The third-order valence-corrected chi connectivity index (χ3v) is 8.15. The zero-order valence-electron chi connectivity index (χ0n) is 18.0. The Morgan fingerprint density at radius 2 is 1.81 bits per heavy atom. The summed E-state index contributed by atoms with van der Waals surface area (Å²) in [5.41, 5.74) is 0.316. The summed E-state index contributed by atoms with van der Waals surface area (Å²) >= 11 is 0. The molecule has 0 N–H and O–H groups in total. The molecule has 9 nitrogen and oxygen atoms in total. The van der Waals surface area contributed by atoms with E-state index >= 15 is 0 Å². The molecule has 1 aromatic rings. The number of amides is 2. The van der Waals surface area contributed by atoms with Crippen molar-refractivity contribution in [1.82, 2.24) is 9.21 Å². The van der Waals surface area contributed by atoms with E-state index in [0.717, 1.165) is 19.3 Å². The lowest BCUT2D eigenvalue weighted by atomic mass is 9.97. The lowest BCUT2D eigenvalue weighted by Crippen LogP contribution is -2.53. The molecule has 3 aliphatic rings. The smallest absolute Gasteiger partial charge is 0.265 e. The van der Waals surface area contributed by atoms with E-state index in [2.05, 4.69) is 0 Å². The molecule has 3 aliphatic heterocycles. The van der Waals surface area contributed by atoms with Crippen LogP contribution in [0, 0.1) is 0 Å². The first kappa shape index (κ1) is 22.0. The molecule has 2 amide bonds. The Hall–Kier alpha value is -2.17. The predicted molar refractivity (Wildman–Crippen MR) is 113 cm³/mol. The minimum Gasteiger partial charge on any atom is -0.482 e. The number of fused-ring (bicyclic) bond motifs is 1. The van der Waals surface area contributed by atoms with Crippen LogP contribution < -0.4 is 9.64 Å². The van der Waals surface area contributed by atoms with Crippen LogP contribution in [-0.4, -0.2) is 81.0 Å². The lowest BCUT2D eigenvalue weighted by Gasteiger charge is -2.40. The monoisotopic (exact) mass is 451 g/mol. The van der Waals surface area contributed by atoms with Gasteiger partial charge in [-0.25, -0.2) is 8.42 Å². The van der Waals surface area contributed by atoms with Crippen molar-refractivity contribution < 1.29 is 27.5 Å². The molecule has 0 bridgehead atoms.